The highest BCUT2D eigenvalue weighted by Crippen LogP contribution is 2.29. The summed E-state index contributed by atoms with van der Waals surface area (Å²) in [4.78, 5) is 0. The van der Waals surface area contributed by atoms with E-state index in [1.165, 1.54) is 55.0 Å². The summed E-state index contributed by atoms with van der Waals surface area (Å²) < 4.78 is 1.19. The van der Waals surface area contributed by atoms with E-state index in [-0.39, 0.29) is 0 Å². The zero-order chi connectivity index (χ0) is 14.2. The van der Waals surface area contributed by atoms with Crippen molar-refractivity contribution in [3.63, 3.8) is 0 Å². The highest BCUT2D eigenvalue weighted by atomic mass is 79.9. The van der Waals surface area contributed by atoms with E-state index < -0.39 is 0 Å². The Hall–Kier alpha value is -0.340. The predicted octanol–water partition coefficient (Wildman–Crippen LogP) is 5.33. The molecule has 1 saturated carbocycles. The smallest absolute Gasteiger partial charge is 0.0178 e. The fourth-order valence-electron chi connectivity index (χ4n) is 3.31. The molecular formula is C18H28BrN. The first-order valence-corrected chi connectivity index (χ1v) is 9.05. The molecule has 0 heterocycles. The Morgan fingerprint density at radius 2 is 2.10 bits per heavy atom. The molecule has 20 heavy (non-hydrogen) atoms. The van der Waals surface area contributed by atoms with Crippen LogP contribution in [0.3, 0.4) is 0 Å². The monoisotopic (exact) mass is 337 g/mol. The highest BCUT2D eigenvalue weighted by molar-refractivity contribution is 9.10. The van der Waals surface area contributed by atoms with Crippen molar-refractivity contribution in [2.24, 2.45) is 5.92 Å². The maximum atomic E-state index is 3.75. The predicted molar refractivity (Wildman–Crippen MR) is 91.1 cm³/mol. The first-order chi connectivity index (χ1) is 9.78. The van der Waals surface area contributed by atoms with Gasteiger partial charge in [-0.1, -0.05) is 60.7 Å². The van der Waals surface area contributed by atoms with Crippen molar-refractivity contribution in [3.8, 4) is 0 Å². The molecule has 0 amide bonds. The molecule has 1 aliphatic rings. The Kier molecular flexibility index (Phi) is 7.09. The van der Waals surface area contributed by atoms with Crippen molar-refractivity contribution in [1.82, 2.24) is 5.32 Å². The molecule has 0 aliphatic heterocycles. The second-order valence-corrected chi connectivity index (χ2v) is 7.13. The molecule has 1 nitrogen and oxygen atoms in total. The summed E-state index contributed by atoms with van der Waals surface area (Å²) in [7, 11) is 0. The zero-order valence-electron chi connectivity index (χ0n) is 12.7. The van der Waals surface area contributed by atoms with Gasteiger partial charge in [-0.25, -0.2) is 0 Å². The number of halogens is 1. The largest absolute Gasteiger partial charge is 0.314 e. The summed E-state index contributed by atoms with van der Waals surface area (Å²) in [6.07, 6.45) is 11.0. The SMILES string of the molecule is CCCNC(CCC1CCCC1)Cc1cccc(Br)c1. The van der Waals surface area contributed by atoms with Gasteiger partial charge in [-0.15, -0.1) is 0 Å². The van der Waals surface area contributed by atoms with E-state index in [0.717, 1.165) is 18.9 Å². The molecule has 0 radical (unpaired) electrons. The van der Waals surface area contributed by atoms with E-state index in [1.807, 2.05) is 0 Å². The third-order valence-electron chi connectivity index (χ3n) is 4.45. The molecule has 2 heteroatoms. The number of nitrogens with one attached hydrogen (secondary N) is 1. The van der Waals surface area contributed by atoms with E-state index in [0.29, 0.717) is 6.04 Å². The van der Waals surface area contributed by atoms with Crippen LogP contribution in [0.25, 0.3) is 0 Å². The van der Waals surface area contributed by atoms with Gasteiger partial charge >= 0.3 is 0 Å². The van der Waals surface area contributed by atoms with Crippen LogP contribution in [-0.4, -0.2) is 12.6 Å². The molecule has 0 bridgehead atoms. The number of rotatable bonds is 8. The van der Waals surface area contributed by atoms with Gasteiger partial charge in [0.05, 0.1) is 0 Å². The van der Waals surface area contributed by atoms with Gasteiger partial charge in [0.15, 0.2) is 0 Å². The lowest BCUT2D eigenvalue weighted by molar-refractivity contribution is 0.402. The van der Waals surface area contributed by atoms with E-state index in [9.17, 15) is 0 Å². The summed E-state index contributed by atoms with van der Waals surface area (Å²) in [5, 5.41) is 3.75. The Bertz CT molecular complexity index is 385. The fourth-order valence-corrected chi connectivity index (χ4v) is 3.76. The molecule has 1 aliphatic carbocycles. The Morgan fingerprint density at radius 3 is 2.80 bits per heavy atom. The first kappa shape index (κ1) is 16.0. The molecular weight excluding hydrogens is 310 g/mol. The van der Waals surface area contributed by atoms with Crippen LogP contribution >= 0.6 is 15.9 Å². The summed E-state index contributed by atoms with van der Waals surface area (Å²) in [6, 6.07) is 9.41. The molecule has 112 valence electrons. The van der Waals surface area contributed by atoms with Crippen LogP contribution in [0.4, 0.5) is 0 Å². The molecule has 1 unspecified atom stereocenters. The van der Waals surface area contributed by atoms with Crippen LogP contribution in [0.5, 0.6) is 0 Å². The summed E-state index contributed by atoms with van der Waals surface area (Å²) in [5.74, 6) is 1.00. The standard InChI is InChI=1S/C18H28BrN/c1-2-12-20-18(11-10-15-6-3-4-7-15)14-16-8-5-9-17(19)13-16/h5,8-9,13,15,18,20H,2-4,6-7,10-12,14H2,1H3. The van der Waals surface area contributed by atoms with Gasteiger partial charge in [-0.3, -0.25) is 0 Å². The van der Waals surface area contributed by atoms with E-state index in [4.69, 9.17) is 0 Å². The molecule has 1 aromatic carbocycles. The lowest BCUT2D eigenvalue weighted by Gasteiger charge is -2.20. The van der Waals surface area contributed by atoms with Crippen molar-refractivity contribution in [2.45, 2.75) is 64.3 Å². The number of hydrogen-bond donors (Lipinski definition) is 1. The molecule has 1 atom stereocenters. The van der Waals surface area contributed by atoms with Gasteiger partial charge in [-0.05, 0) is 55.8 Å². The van der Waals surface area contributed by atoms with Crippen LogP contribution in [0.15, 0.2) is 28.7 Å². The van der Waals surface area contributed by atoms with Gasteiger partial charge in [0.1, 0.15) is 0 Å². The molecule has 0 saturated heterocycles. The maximum absolute atomic E-state index is 3.75. The summed E-state index contributed by atoms with van der Waals surface area (Å²) in [5.41, 5.74) is 1.44. The number of hydrogen-bond acceptors (Lipinski definition) is 1. The fraction of sp³-hybridized carbons (Fsp3) is 0.667. The average Bonchev–Trinajstić information content (AvgIpc) is 2.95. The van der Waals surface area contributed by atoms with Gasteiger partial charge < -0.3 is 5.32 Å². The van der Waals surface area contributed by atoms with Crippen LogP contribution < -0.4 is 5.32 Å². The Labute approximate surface area is 132 Å². The second kappa shape index (κ2) is 8.84. The molecule has 2 rings (SSSR count). The van der Waals surface area contributed by atoms with E-state index in [1.54, 1.807) is 0 Å². The van der Waals surface area contributed by atoms with E-state index in [2.05, 4.69) is 52.4 Å². The second-order valence-electron chi connectivity index (χ2n) is 6.21. The van der Waals surface area contributed by atoms with Crippen molar-refractivity contribution in [1.29, 1.82) is 0 Å². The van der Waals surface area contributed by atoms with Gasteiger partial charge in [0, 0.05) is 10.5 Å². The van der Waals surface area contributed by atoms with Gasteiger partial charge in [0.25, 0.3) is 0 Å². The van der Waals surface area contributed by atoms with Crippen molar-refractivity contribution in [2.75, 3.05) is 6.54 Å². The molecule has 1 aromatic rings. The van der Waals surface area contributed by atoms with Crippen LogP contribution in [0.2, 0.25) is 0 Å². The molecule has 1 fully saturated rings. The minimum absolute atomic E-state index is 0.643. The van der Waals surface area contributed by atoms with Crippen molar-refractivity contribution >= 4 is 15.9 Å². The van der Waals surface area contributed by atoms with Crippen LogP contribution in [-0.2, 0) is 6.42 Å². The third kappa shape index (κ3) is 5.57. The van der Waals surface area contributed by atoms with Crippen molar-refractivity contribution in [3.05, 3.63) is 34.3 Å². The quantitative estimate of drug-likeness (QED) is 0.675. The van der Waals surface area contributed by atoms with Gasteiger partial charge in [0.2, 0.25) is 0 Å². The first-order valence-electron chi connectivity index (χ1n) is 8.25. The zero-order valence-corrected chi connectivity index (χ0v) is 14.3. The third-order valence-corrected chi connectivity index (χ3v) is 4.95. The van der Waals surface area contributed by atoms with Crippen molar-refractivity contribution < 1.29 is 0 Å². The summed E-state index contributed by atoms with van der Waals surface area (Å²) in [6.45, 7) is 3.39. The Morgan fingerprint density at radius 1 is 1.30 bits per heavy atom. The minimum Gasteiger partial charge on any atom is -0.314 e. The molecule has 0 aromatic heterocycles. The lowest BCUT2D eigenvalue weighted by Crippen LogP contribution is -2.32. The minimum atomic E-state index is 0.643. The highest BCUT2D eigenvalue weighted by Gasteiger charge is 2.17. The van der Waals surface area contributed by atoms with Gasteiger partial charge in [-0.2, -0.15) is 0 Å². The topological polar surface area (TPSA) is 12.0 Å². The lowest BCUT2D eigenvalue weighted by atomic mass is 9.95. The number of benzene rings is 1. The Balaban J connectivity index is 1.85. The summed E-state index contributed by atoms with van der Waals surface area (Å²) >= 11 is 3.58. The van der Waals surface area contributed by atoms with Crippen LogP contribution in [0.1, 0.15) is 57.4 Å². The molecule has 0 spiro atoms. The average molecular weight is 338 g/mol. The molecule has 1 N–H and O–H groups in total. The van der Waals surface area contributed by atoms with Crippen LogP contribution in [0, 0.1) is 5.92 Å². The van der Waals surface area contributed by atoms with E-state index >= 15 is 0 Å². The maximum Gasteiger partial charge on any atom is 0.0178 e. The normalized spacial score (nSPS) is 17.5.